The number of nitro benzene ring substituents is 1. The van der Waals surface area contributed by atoms with E-state index in [1.54, 1.807) is 42.6 Å². The highest BCUT2D eigenvalue weighted by atomic mass is 16.6. The number of methoxy groups -OCH3 is 1. The Morgan fingerprint density at radius 3 is 2.69 bits per heavy atom. The molecule has 0 saturated carbocycles. The molecule has 2 aromatic carbocycles. The predicted octanol–water partition coefficient (Wildman–Crippen LogP) is 3.63. The average Bonchev–Trinajstić information content (AvgIpc) is 3.17. The predicted molar refractivity (Wildman–Crippen MR) is 104 cm³/mol. The topological polar surface area (TPSA) is 127 Å². The molecule has 9 nitrogen and oxygen atoms in total. The maximum atomic E-state index is 12.3. The molecule has 29 heavy (non-hydrogen) atoms. The van der Waals surface area contributed by atoms with E-state index in [9.17, 15) is 15.2 Å². The fourth-order valence-electron chi connectivity index (χ4n) is 2.69. The van der Waals surface area contributed by atoms with Crippen molar-refractivity contribution in [1.82, 2.24) is 9.97 Å². The lowest BCUT2D eigenvalue weighted by Crippen LogP contribution is -2.02. The third-order valence-corrected chi connectivity index (χ3v) is 4.13. The van der Waals surface area contributed by atoms with E-state index in [0.717, 1.165) is 17.7 Å². The van der Waals surface area contributed by atoms with Crippen LogP contribution < -0.4 is 9.84 Å². The first-order valence-electron chi connectivity index (χ1n) is 8.44. The van der Waals surface area contributed by atoms with Gasteiger partial charge in [0.25, 0.3) is 5.69 Å². The molecule has 0 unspecified atom stereocenters. The summed E-state index contributed by atoms with van der Waals surface area (Å²) in [6.07, 6.45) is 2.91. The van der Waals surface area contributed by atoms with Gasteiger partial charge in [0.2, 0.25) is 5.89 Å². The maximum Gasteiger partial charge on any atom is 0.273 e. The minimum atomic E-state index is -0.594. The molecule has 0 aliphatic heterocycles. The summed E-state index contributed by atoms with van der Waals surface area (Å²) in [5.41, 5.74) is 2.21. The van der Waals surface area contributed by atoms with Crippen LogP contribution in [0.2, 0.25) is 0 Å². The summed E-state index contributed by atoms with van der Waals surface area (Å²) in [7, 11) is 1.28. The molecule has 0 atom stereocenters. The summed E-state index contributed by atoms with van der Waals surface area (Å²) in [6, 6.07) is 12.8. The summed E-state index contributed by atoms with van der Waals surface area (Å²) in [6.45, 7) is 0. The van der Waals surface area contributed by atoms with Crippen molar-refractivity contribution in [3.8, 4) is 23.0 Å². The van der Waals surface area contributed by atoms with Gasteiger partial charge in [-0.2, -0.15) is 4.98 Å². The number of fused-ring (bicyclic) bond motifs is 1. The molecule has 0 saturated heterocycles. The fraction of sp³-hybridized carbons (Fsp3) is 0.0500. The van der Waals surface area contributed by atoms with E-state index in [4.69, 9.17) is 9.15 Å². The van der Waals surface area contributed by atoms with Crippen LogP contribution in [-0.2, 0) is 0 Å². The number of rotatable bonds is 5. The van der Waals surface area contributed by atoms with Crippen LogP contribution in [0, 0.1) is 10.1 Å². The Balaban J connectivity index is 1.61. The highest BCUT2D eigenvalue weighted by Gasteiger charge is 2.11. The van der Waals surface area contributed by atoms with E-state index in [2.05, 4.69) is 15.0 Å². The number of nitrogens with zero attached hydrogens (tertiary/aromatic N) is 4. The zero-order valence-corrected chi connectivity index (χ0v) is 15.1. The molecule has 0 fully saturated rings. The molecular formula is C20H13N4O5-. The molecule has 2 heterocycles. The van der Waals surface area contributed by atoms with Gasteiger partial charge in [0.1, 0.15) is 5.75 Å². The molecule has 4 rings (SSSR count). The van der Waals surface area contributed by atoms with Crippen molar-refractivity contribution in [2.45, 2.75) is 0 Å². The number of aliphatic imine (C=N–C) groups is 1. The lowest BCUT2D eigenvalue weighted by Gasteiger charge is -2.14. The van der Waals surface area contributed by atoms with Crippen LogP contribution in [0.3, 0.4) is 0 Å². The van der Waals surface area contributed by atoms with Crippen LogP contribution in [0.25, 0.3) is 22.7 Å². The van der Waals surface area contributed by atoms with Crippen molar-refractivity contribution in [2.24, 2.45) is 4.99 Å². The van der Waals surface area contributed by atoms with Crippen LogP contribution in [0.5, 0.6) is 11.5 Å². The van der Waals surface area contributed by atoms with Gasteiger partial charge in [0.15, 0.2) is 11.2 Å². The van der Waals surface area contributed by atoms with Crippen LogP contribution in [0.15, 0.2) is 64.1 Å². The molecule has 0 N–H and O–H groups in total. The van der Waals surface area contributed by atoms with Gasteiger partial charge in [-0.3, -0.25) is 15.1 Å². The van der Waals surface area contributed by atoms with Crippen molar-refractivity contribution < 1.29 is 19.2 Å². The monoisotopic (exact) mass is 389 g/mol. The van der Waals surface area contributed by atoms with E-state index >= 15 is 0 Å². The third kappa shape index (κ3) is 3.61. The number of ether oxygens (including phenoxy) is 1. The zero-order valence-electron chi connectivity index (χ0n) is 15.1. The van der Waals surface area contributed by atoms with Crippen molar-refractivity contribution >= 4 is 28.8 Å². The van der Waals surface area contributed by atoms with E-state index in [1.807, 2.05) is 0 Å². The summed E-state index contributed by atoms with van der Waals surface area (Å²) >= 11 is 0. The SMILES string of the molecule is COc1cc([N+](=O)[O-])cc(C=Nc2ccc(-c3nc4ncccc4o3)cc2)c1[O-]. The van der Waals surface area contributed by atoms with Crippen molar-refractivity contribution in [1.29, 1.82) is 0 Å². The van der Waals surface area contributed by atoms with E-state index in [-0.39, 0.29) is 17.0 Å². The first-order chi connectivity index (χ1) is 14.0. The van der Waals surface area contributed by atoms with Gasteiger partial charge in [-0.1, -0.05) is 5.75 Å². The van der Waals surface area contributed by atoms with Gasteiger partial charge in [-0.15, -0.1) is 0 Å². The Morgan fingerprint density at radius 1 is 1.21 bits per heavy atom. The van der Waals surface area contributed by atoms with Crippen molar-refractivity contribution in [3.05, 3.63) is 70.4 Å². The normalized spacial score (nSPS) is 11.2. The number of pyridine rings is 1. The van der Waals surface area contributed by atoms with Crippen LogP contribution >= 0.6 is 0 Å². The Bertz CT molecular complexity index is 1200. The second-order valence-electron chi connectivity index (χ2n) is 5.97. The van der Waals surface area contributed by atoms with E-state index in [0.29, 0.717) is 22.8 Å². The molecule has 0 aliphatic carbocycles. The molecule has 0 bridgehead atoms. The second kappa shape index (κ2) is 7.39. The largest absolute Gasteiger partial charge is 0.870 e. The number of nitro groups is 1. The second-order valence-corrected chi connectivity index (χ2v) is 5.97. The third-order valence-electron chi connectivity index (χ3n) is 4.13. The Kier molecular flexibility index (Phi) is 4.62. The molecule has 4 aromatic rings. The molecule has 2 aromatic heterocycles. The number of aromatic nitrogens is 2. The van der Waals surface area contributed by atoms with Crippen molar-refractivity contribution in [3.63, 3.8) is 0 Å². The summed E-state index contributed by atoms with van der Waals surface area (Å²) in [5.74, 6) is -0.155. The minimum Gasteiger partial charge on any atom is -0.870 e. The lowest BCUT2D eigenvalue weighted by molar-refractivity contribution is -0.385. The highest BCUT2D eigenvalue weighted by Crippen LogP contribution is 2.32. The summed E-state index contributed by atoms with van der Waals surface area (Å²) in [4.78, 5) is 23.1. The van der Waals surface area contributed by atoms with E-state index < -0.39 is 10.7 Å². The minimum absolute atomic E-state index is 0.0603. The number of hydrogen-bond donors (Lipinski definition) is 0. The van der Waals surface area contributed by atoms with Gasteiger partial charge in [-0.25, -0.2) is 4.98 Å². The van der Waals surface area contributed by atoms with Gasteiger partial charge >= 0.3 is 0 Å². The van der Waals surface area contributed by atoms with Gasteiger partial charge < -0.3 is 14.3 Å². The summed E-state index contributed by atoms with van der Waals surface area (Å²) < 4.78 is 10.6. The smallest absolute Gasteiger partial charge is 0.273 e. The standard InChI is InChI=1S/C20H14N4O5/c1-28-17-10-15(24(26)27)9-13(18(17)25)11-22-14-6-4-12(5-7-14)20-23-19-16(29-20)3-2-8-21-19/h2-11,25H,1H3/p-1. The molecule has 144 valence electrons. The average molecular weight is 389 g/mol. The maximum absolute atomic E-state index is 12.3. The van der Waals surface area contributed by atoms with Gasteiger partial charge in [0.05, 0.1) is 23.8 Å². The Hall–Kier alpha value is -4.27. The molecule has 0 aliphatic rings. The molecular weight excluding hydrogens is 376 g/mol. The first-order valence-corrected chi connectivity index (χ1v) is 8.44. The molecule has 0 spiro atoms. The molecule has 0 amide bonds. The number of oxazole rings is 1. The number of benzene rings is 2. The lowest BCUT2D eigenvalue weighted by atomic mass is 10.1. The number of non-ortho nitro benzene ring substituents is 1. The highest BCUT2D eigenvalue weighted by molar-refractivity contribution is 5.87. The van der Waals surface area contributed by atoms with Crippen LogP contribution in [-0.4, -0.2) is 28.2 Å². The van der Waals surface area contributed by atoms with Crippen LogP contribution in [0.1, 0.15) is 5.56 Å². The first kappa shape index (κ1) is 18.1. The van der Waals surface area contributed by atoms with Gasteiger partial charge in [0, 0.05) is 24.0 Å². The fourth-order valence-corrected chi connectivity index (χ4v) is 2.69. The molecule has 0 radical (unpaired) electrons. The quantitative estimate of drug-likeness (QED) is 0.290. The van der Waals surface area contributed by atoms with Gasteiger partial charge in [-0.05, 0) is 42.0 Å². The summed E-state index contributed by atoms with van der Waals surface area (Å²) in [5, 5.41) is 23.3. The molecule has 9 heteroatoms. The van der Waals surface area contributed by atoms with Crippen LogP contribution in [0.4, 0.5) is 11.4 Å². The van der Waals surface area contributed by atoms with Crippen molar-refractivity contribution in [2.75, 3.05) is 7.11 Å². The number of hydrogen-bond acceptors (Lipinski definition) is 8. The van der Waals surface area contributed by atoms with E-state index in [1.165, 1.54) is 13.3 Å². The Labute approximate surface area is 164 Å². The zero-order chi connectivity index (χ0) is 20.4. The Morgan fingerprint density at radius 2 is 2.00 bits per heavy atom.